The topological polar surface area (TPSA) is 47.6 Å². The summed E-state index contributed by atoms with van der Waals surface area (Å²) < 4.78 is 48.1. The number of rotatable bonds is 6. The van der Waals surface area contributed by atoms with E-state index in [0.29, 0.717) is 0 Å². The summed E-state index contributed by atoms with van der Waals surface area (Å²) in [5.74, 6) is -1.54. The first-order chi connectivity index (χ1) is 8.91. The number of hydrogen-bond acceptors (Lipinski definition) is 4. The van der Waals surface area contributed by atoms with Gasteiger partial charge in [0.2, 0.25) is 0 Å². The normalized spacial score (nSPS) is 11.4. The molecule has 0 saturated carbocycles. The van der Waals surface area contributed by atoms with Crippen LogP contribution in [-0.2, 0) is 13.6 Å². The van der Waals surface area contributed by atoms with Crippen molar-refractivity contribution in [2.75, 3.05) is 18.5 Å². The molecule has 0 aromatic heterocycles. The largest absolute Gasteiger partial charge is 0.388 e. The van der Waals surface area contributed by atoms with E-state index < -0.39 is 19.2 Å². The maximum atomic E-state index is 13.0. The van der Waals surface area contributed by atoms with Gasteiger partial charge in [0.25, 0.3) is 0 Å². The molecule has 0 aliphatic rings. The molecule has 8 heteroatoms. The van der Waals surface area contributed by atoms with E-state index >= 15 is 0 Å². The summed E-state index contributed by atoms with van der Waals surface area (Å²) in [4.78, 5) is 0. The molecule has 0 heterocycles. The lowest BCUT2D eigenvalue weighted by Gasteiger charge is -2.18. The monoisotopic (exact) mass is 309 g/mol. The van der Waals surface area contributed by atoms with Gasteiger partial charge in [-0.15, -0.1) is 0 Å². The van der Waals surface area contributed by atoms with Gasteiger partial charge in [-0.3, -0.25) is 4.57 Å². The zero-order chi connectivity index (χ0) is 14.5. The molecular weight excluding hydrogens is 295 g/mol. The van der Waals surface area contributed by atoms with Gasteiger partial charge in [-0.1, -0.05) is 12.2 Å². The molecule has 0 unspecified atom stereocenters. The van der Waals surface area contributed by atoms with Crippen LogP contribution >= 0.6 is 19.8 Å². The highest BCUT2D eigenvalue weighted by molar-refractivity contribution is 7.98. The summed E-state index contributed by atoms with van der Waals surface area (Å²) in [7, 11) is -3.63. The summed E-state index contributed by atoms with van der Waals surface area (Å²) >= 11 is 4.92. The maximum absolute atomic E-state index is 13.0. The average molecular weight is 309 g/mol. The van der Waals surface area contributed by atoms with Crippen LogP contribution in [0.5, 0.6) is 0 Å². The Hall–Kier alpha value is -0.880. The number of anilines is 1. The zero-order valence-corrected chi connectivity index (χ0v) is 12.2. The summed E-state index contributed by atoms with van der Waals surface area (Å²) in [6.45, 7) is 3.54. The molecule has 0 saturated heterocycles. The summed E-state index contributed by atoms with van der Waals surface area (Å²) in [5.41, 5.74) is 0.0436. The van der Waals surface area contributed by atoms with E-state index in [1.165, 1.54) is 0 Å². The third-order valence-corrected chi connectivity index (χ3v) is 4.54. The molecule has 4 nitrogen and oxygen atoms in total. The fraction of sp³-hybridized carbons (Fsp3) is 0.364. The molecule has 0 bridgehead atoms. The van der Waals surface area contributed by atoms with Crippen LogP contribution in [0.15, 0.2) is 18.2 Å². The Morgan fingerprint density at radius 3 is 2.11 bits per heavy atom. The number of benzene rings is 1. The molecule has 0 spiro atoms. The first kappa shape index (κ1) is 16.2. The van der Waals surface area contributed by atoms with Crippen LogP contribution in [0.25, 0.3) is 0 Å². The van der Waals surface area contributed by atoms with Crippen LogP contribution in [-0.4, -0.2) is 17.9 Å². The second kappa shape index (κ2) is 7.05. The minimum absolute atomic E-state index is 0.0436. The highest BCUT2D eigenvalue weighted by atomic mass is 32.1. The second-order valence-corrected chi connectivity index (χ2v) is 6.09. The number of halogens is 2. The van der Waals surface area contributed by atoms with E-state index in [0.717, 1.165) is 18.2 Å². The first-order valence-electron chi connectivity index (χ1n) is 5.58. The van der Waals surface area contributed by atoms with Crippen molar-refractivity contribution in [2.45, 2.75) is 13.8 Å². The molecule has 0 atom stereocenters. The van der Waals surface area contributed by atoms with E-state index in [1.54, 1.807) is 13.8 Å². The van der Waals surface area contributed by atoms with E-state index in [4.69, 9.17) is 21.3 Å². The molecule has 0 aliphatic heterocycles. The zero-order valence-electron chi connectivity index (χ0n) is 10.5. The van der Waals surface area contributed by atoms with Crippen LogP contribution in [0.3, 0.4) is 0 Å². The van der Waals surface area contributed by atoms with Crippen molar-refractivity contribution in [3.63, 3.8) is 0 Å². The molecule has 19 heavy (non-hydrogen) atoms. The van der Waals surface area contributed by atoms with E-state index in [-0.39, 0.29) is 23.6 Å². The molecule has 106 valence electrons. The molecule has 0 fully saturated rings. The summed E-state index contributed by atoms with van der Waals surface area (Å²) in [6, 6.07) is 2.77. The van der Waals surface area contributed by atoms with Gasteiger partial charge < -0.3 is 14.4 Å². The van der Waals surface area contributed by atoms with Crippen molar-refractivity contribution in [3.05, 3.63) is 29.8 Å². The van der Waals surface area contributed by atoms with Crippen molar-refractivity contribution < 1.29 is 22.4 Å². The third kappa shape index (κ3) is 4.62. The number of nitrogens with one attached hydrogen (secondary N) is 1. The molecule has 1 aromatic carbocycles. The smallest absolute Gasteiger partial charge is 0.340 e. The van der Waals surface area contributed by atoms with Crippen molar-refractivity contribution in [1.29, 1.82) is 0 Å². The van der Waals surface area contributed by atoms with Crippen LogP contribution in [0.4, 0.5) is 14.5 Å². The Kier molecular flexibility index (Phi) is 6.00. The lowest BCUT2D eigenvalue weighted by atomic mass is 10.3. The Labute approximate surface area is 115 Å². The number of thiocarbonyl (C=S) groups is 1. The minimum atomic E-state index is -3.63. The Morgan fingerprint density at radius 1 is 1.21 bits per heavy atom. The molecule has 0 radical (unpaired) electrons. The van der Waals surface area contributed by atoms with Gasteiger partial charge in [-0.05, 0) is 26.0 Å². The standard InChI is InChI=1S/C11H14F2NO3PS/c1-3-16-18(15,17-4-2)11(19)14-10-6-8(12)5-9(13)7-10/h5-7H,3-4H2,1-2H3,(H,14,19). The Balaban J connectivity index is 2.90. The third-order valence-electron chi connectivity index (χ3n) is 1.96. The van der Waals surface area contributed by atoms with Gasteiger partial charge in [0.15, 0.2) is 4.73 Å². The summed E-state index contributed by atoms with van der Waals surface area (Å²) in [6.07, 6.45) is 0. The lowest BCUT2D eigenvalue weighted by Crippen LogP contribution is -2.14. The van der Waals surface area contributed by atoms with Crippen LogP contribution in [0.2, 0.25) is 0 Å². The van der Waals surface area contributed by atoms with Crippen molar-refractivity contribution in [2.24, 2.45) is 0 Å². The maximum Gasteiger partial charge on any atom is 0.388 e. The molecule has 1 N–H and O–H groups in total. The van der Waals surface area contributed by atoms with Crippen LogP contribution < -0.4 is 5.32 Å². The quantitative estimate of drug-likeness (QED) is 0.637. The van der Waals surface area contributed by atoms with Crippen molar-refractivity contribution >= 4 is 30.2 Å². The predicted molar refractivity (Wildman–Crippen MR) is 73.4 cm³/mol. The highest BCUT2D eigenvalue weighted by Gasteiger charge is 2.30. The van der Waals surface area contributed by atoms with E-state index in [9.17, 15) is 13.3 Å². The van der Waals surface area contributed by atoms with Gasteiger partial charge in [-0.2, -0.15) is 0 Å². The second-order valence-electron chi connectivity index (χ2n) is 3.42. The summed E-state index contributed by atoms with van der Waals surface area (Å²) in [5, 5.41) is 2.47. The SMILES string of the molecule is CCOP(=O)(OCC)C(=S)Nc1cc(F)cc(F)c1. The van der Waals surface area contributed by atoms with Crippen LogP contribution in [0.1, 0.15) is 13.8 Å². The number of hydrogen-bond donors (Lipinski definition) is 1. The van der Waals surface area contributed by atoms with E-state index in [1.807, 2.05) is 0 Å². The minimum Gasteiger partial charge on any atom is -0.340 e. The molecule has 1 rings (SSSR count). The fourth-order valence-electron chi connectivity index (χ4n) is 1.31. The Morgan fingerprint density at radius 2 is 1.68 bits per heavy atom. The van der Waals surface area contributed by atoms with Crippen molar-refractivity contribution in [1.82, 2.24) is 0 Å². The predicted octanol–water partition coefficient (Wildman–Crippen LogP) is 3.93. The molecule has 0 amide bonds. The van der Waals surface area contributed by atoms with Gasteiger partial charge in [0.1, 0.15) is 11.6 Å². The van der Waals surface area contributed by atoms with Crippen LogP contribution in [0, 0.1) is 11.6 Å². The van der Waals surface area contributed by atoms with Crippen molar-refractivity contribution in [3.8, 4) is 0 Å². The molecule has 1 aromatic rings. The van der Waals surface area contributed by atoms with Gasteiger partial charge in [0.05, 0.1) is 13.2 Å². The van der Waals surface area contributed by atoms with Gasteiger partial charge >= 0.3 is 7.60 Å². The molecule has 0 aliphatic carbocycles. The lowest BCUT2D eigenvalue weighted by molar-refractivity contribution is 0.233. The van der Waals surface area contributed by atoms with Gasteiger partial charge in [0, 0.05) is 11.8 Å². The average Bonchev–Trinajstić information content (AvgIpc) is 2.27. The van der Waals surface area contributed by atoms with Gasteiger partial charge in [-0.25, -0.2) is 8.78 Å². The van der Waals surface area contributed by atoms with E-state index in [2.05, 4.69) is 5.32 Å². The first-order valence-corrected chi connectivity index (χ1v) is 7.53. The molecular formula is C11H14F2NO3PS. The fourth-order valence-corrected chi connectivity index (χ4v) is 3.00. The highest BCUT2D eigenvalue weighted by Crippen LogP contribution is 2.49. The Bertz CT molecular complexity index is 482.